The van der Waals surface area contributed by atoms with Crippen molar-refractivity contribution < 1.29 is 17.5 Å². The molecular weight excluding hydrogens is 355 g/mol. The first-order valence-corrected chi connectivity index (χ1v) is 10.0. The van der Waals surface area contributed by atoms with E-state index in [0.29, 0.717) is 17.9 Å². The van der Waals surface area contributed by atoms with Gasteiger partial charge in [-0.2, -0.15) is 0 Å². The summed E-state index contributed by atoms with van der Waals surface area (Å²) in [4.78, 5) is 2.31. The molecule has 2 atom stereocenters. The van der Waals surface area contributed by atoms with Crippen LogP contribution in [0.2, 0.25) is 0 Å². The highest BCUT2D eigenvalue weighted by molar-refractivity contribution is 7.92. The fourth-order valence-corrected chi connectivity index (χ4v) is 4.39. The molecule has 1 N–H and O–H groups in total. The number of nitrogens with one attached hydrogen (secondary N) is 1. The molecule has 26 heavy (non-hydrogen) atoms. The smallest absolute Gasteiger partial charge is 0.262 e. The Morgan fingerprint density at radius 1 is 1.15 bits per heavy atom. The number of morpholine rings is 1. The lowest BCUT2D eigenvalue weighted by Crippen LogP contribution is -2.47. The van der Waals surface area contributed by atoms with Crippen LogP contribution in [0.25, 0.3) is 0 Å². The molecule has 0 saturated carbocycles. The van der Waals surface area contributed by atoms with E-state index >= 15 is 0 Å². The molecule has 1 aliphatic heterocycles. The summed E-state index contributed by atoms with van der Waals surface area (Å²) < 4.78 is 46.5. The minimum atomic E-state index is -3.77. The number of nitrogens with zero attached hydrogens (tertiary/aromatic N) is 1. The molecule has 0 aromatic heterocycles. The normalized spacial score (nSPS) is 20.8. The molecule has 0 aliphatic carbocycles. The highest BCUT2D eigenvalue weighted by Gasteiger charge is 2.24. The maximum Gasteiger partial charge on any atom is 0.262 e. The zero-order chi connectivity index (χ0) is 18.9. The highest BCUT2D eigenvalue weighted by atomic mass is 32.2. The second-order valence-corrected chi connectivity index (χ2v) is 8.36. The monoisotopic (exact) mass is 378 g/mol. The fraction of sp³-hybridized carbons (Fsp3) is 0.368. The van der Waals surface area contributed by atoms with Gasteiger partial charge in [-0.05, 0) is 68.8 Å². The van der Waals surface area contributed by atoms with E-state index in [1.165, 1.54) is 12.1 Å². The van der Waals surface area contributed by atoms with Gasteiger partial charge in [0.25, 0.3) is 10.0 Å². The maximum absolute atomic E-state index is 13.2. The lowest BCUT2D eigenvalue weighted by Gasteiger charge is -2.38. The summed E-state index contributed by atoms with van der Waals surface area (Å²) in [5.74, 6) is -0.459. The first-order valence-electron chi connectivity index (χ1n) is 8.53. The average molecular weight is 378 g/mol. The molecule has 0 spiro atoms. The quantitative estimate of drug-likeness (QED) is 0.884. The number of halogens is 1. The molecule has 7 heteroatoms. The van der Waals surface area contributed by atoms with Crippen molar-refractivity contribution in [2.24, 2.45) is 0 Å². The Bertz CT molecular complexity index is 884. The van der Waals surface area contributed by atoms with Gasteiger partial charge < -0.3 is 9.64 Å². The van der Waals surface area contributed by atoms with Gasteiger partial charge in [0.2, 0.25) is 0 Å². The highest BCUT2D eigenvalue weighted by Crippen LogP contribution is 2.25. The molecule has 140 valence electrons. The minimum absolute atomic E-state index is 0.0682. The molecule has 5 nitrogen and oxygen atoms in total. The van der Waals surface area contributed by atoms with Crippen LogP contribution in [-0.2, 0) is 14.8 Å². The number of sulfonamides is 1. The zero-order valence-corrected chi connectivity index (χ0v) is 15.9. The Balaban J connectivity index is 1.78. The van der Waals surface area contributed by atoms with Crippen LogP contribution in [0.4, 0.5) is 15.8 Å². The standard InChI is InChI=1S/C19H23FN2O3S/c1-13-10-16(20)4-9-19(13)26(23,24)21-17-5-7-18(8-6-17)22-11-15(3)25-12-14(22)2/h4-10,14-15,21H,11-12H2,1-3H3. The number of ether oxygens (including phenoxy) is 1. The SMILES string of the molecule is Cc1cc(F)ccc1S(=O)(=O)Nc1ccc(N2CC(C)OCC2C)cc1. The molecule has 1 saturated heterocycles. The number of benzene rings is 2. The second kappa shape index (κ2) is 7.25. The number of hydrogen-bond acceptors (Lipinski definition) is 4. The van der Waals surface area contributed by atoms with Gasteiger partial charge in [0.05, 0.1) is 17.6 Å². The van der Waals surface area contributed by atoms with Gasteiger partial charge in [0, 0.05) is 24.0 Å². The summed E-state index contributed by atoms with van der Waals surface area (Å²) >= 11 is 0. The van der Waals surface area contributed by atoms with E-state index in [-0.39, 0.29) is 17.0 Å². The first kappa shape index (κ1) is 18.7. The number of aryl methyl sites for hydroxylation is 1. The summed E-state index contributed by atoms with van der Waals surface area (Å²) in [6.45, 7) is 7.16. The van der Waals surface area contributed by atoms with E-state index in [1.807, 2.05) is 19.1 Å². The Hall–Kier alpha value is -2.12. The third-order valence-electron chi connectivity index (χ3n) is 4.49. The topological polar surface area (TPSA) is 58.6 Å². The number of anilines is 2. The molecule has 0 bridgehead atoms. The molecule has 2 unspecified atom stereocenters. The van der Waals surface area contributed by atoms with Crippen molar-refractivity contribution in [1.29, 1.82) is 0 Å². The van der Waals surface area contributed by atoms with Crippen molar-refractivity contribution in [3.8, 4) is 0 Å². The molecule has 2 aromatic rings. The maximum atomic E-state index is 13.2. The Morgan fingerprint density at radius 3 is 2.50 bits per heavy atom. The number of rotatable bonds is 4. The van der Waals surface area contributed by atoms with Crippen LogP contribution in [0.3, 0.4) is 0 Å². The van der Waals surface area contributed by atoms with E-state index in [9.17, 15) is 12.8 Å². The summed E-state index contributed by atoms with van der Waals surface area (Å²) in [6.07, 6.45) is 0.158. The molecule has 0 amide bonds. The van der Waals surface area contributed by atoms with Gasteiger partial charge in [-0.3, -0.25) is 4.72 Å². The van der Waals surface area contributed by atoms with Crippen molar-refractivity contribution in [1.82, 2.24) is 0 Å². The van der Waals surface area contributed by atoms with Crippen LogP contribution in [0, 0.1) is 12.7 Å². The summed E-state index contributed by atoms with van der Waals surface area (Å²) in [5.41, 5.74) is 1.85. The second-order valence-electron chi connectivity index (χ2n) is 6.71. The predicted molar refractivity (Wildman–Crippen MR) is 101 cm³/mol. The van der Waals surface area contributed by atoms with Crippen LogP contribution in [-0.4, -0.2) is 33.7 Å². The molecule has 1 aliphatic rings. The minimum Gasteiger partial charge on any atom is -0.375 e. The Kier molecular flexibility index (Phi) is 5.20. The van der Waals surface area contributed by atoms with Gasteiger partial charge in [-0.25, -0.2) is 12.8 Å². The Morgan fingerprint density at radius 2 is 1.85 bits per heavy atom. The van der Waals surface area contributed by atoms with Crippen molar-refractivity contribution in [3.05, 3.63) is 53.8 Å². The van der Waals surface area contributed by atoms with E-state index in [2.05, 4.69) is 16.5 Å². The molecule has 2 aromatic carbocycles. The van der Waals surface area contributed by atoms with Gasteiger partial charge >= 0.3 is 0 Å². The summed E-state index contributed by atoms with van der Waals surface area (Å²) in [6, 6.07) is 11.1. The third-order valence-corrected chi connectivity index (χ3v) is 6.03. The summed E-state index contributed by atoms with van der Waals surface area (Å²) in [5, 5.41) is 0. The van der Waals surface area contributed by atoms with Crippen molar-refractivity contribution in [2.75, 3.05) is 22.8 Å². The largest absolute Gasteiger partial charge is 0.375 e. The van der Waals surface area contributed by atoms with E-state index in [1.54, 1.807) is 19.1 Å². The van der Waals surface area contributed by atoms with Crippen molar-refractivity contribution >= 4 is 21.4 Å². The summed E-state index contributed by atoms with van der Waals surface area (Å²) in [7, 11) is -3.77. The predicted octanol–water partition coefficient (Wildman–Crippen LogP) is 3.55. The fourth-order valence-electron chi connectivity index (χ4n) is 3.11. The molecule has 1 fully saturated rings. The first-order chi connectivity index (χ1) is 12.3. The zero-order valence-electron chi connectivity index (χ0n) is 15.1. The van der Waals surface area contributed by atoms with Crippen LogP contribution >= 0.6 is 0 Å². The van der Waals surface area contributed by atoms with Gasteiger partial charge in [-0.1, -0.05) is 0 Å². The molecule has 1 heterocycles. The van der Waals surface area contributed by atoms with Crippen LogP contribution in [0.1, 0.15) is 19.4 Å². The van der Waals surface area contributed by atoms with E-state index in [4.69, 9.17) is 4.74 Å². The third kappa shape index (κ3) is 3.99. The molecular formula is C19H23FN2O3S. The van der Waals surface area contributed by atoms with Gasteiger partial charge in [0.15, 0.2) is 0 Å². The van der Waals surface area contributed by atoms with Gasteiger partial charge in [0.1, 0.15) is 5.82 Å². The van der Waals surface area contributed by atoms with Crippen LogP contribution < -0.4 is 9.62 Å². The Labute approximate surface area is 153 Å². The van der Waals surface area contributed by atoms with Gasteiger partial charge in [-0.15, -0.1) is 0 Å². The van der Waals surface area contributed by atoms with Crippen LogP contribution in [0.5, 0.6) is 0 Å². The van der Waals surface area contributed by atoms with E-state index in [0.717, 1.165) is 18.3 Å². The lowest BCUT2D eigenvalue weighted by molar-refractivity contribution is 0.0344. The molecule has 0 radical (unpaired) electrons. The van der Waals surface area contributed by atoms with Crippen LogP contribution in [0.15, 0.2) is 47.4 Å². The van der Waals surface area contributed by atoms with E-state index < -0.39 is 15.8 Å². The molecule has 3 rings (SSSR count). The number of hydrogen-bond donors (Lipinski definition) is 1. The lowest BCUT2D eigenvalue weighted by atomic mass is 10.1. The van der Waals surface area contributed by atoms with Crippen molar-refractivity contribution in [2.45, 2.75) is 37.8 Å². The van der Waals surface area contributed by atoms with Crippen molar-refractivity contribution in [3.63, 3.8) is 0 Å². The average Bonchev–Trinajstić information content (AvgIpc) is 2.57.